The van der Waals surface area contributed by atoms with Gasteiger partial charge in [0.1, 0.15) is 5.78 Å². The summed E-state index contributed by atoms with van der Waals surface area (Å²) in [6, 6.07) is 0.277. The van der Waals surface area contributed by atoms with E-state index in [0.29, 0.717) is 12.8 Å². The molecule has 0 bridgehead atoms. The number of carbonyl (C=O) groups is 2. The molecule has 1 aliphatic heterocycles. The van der Waals surface area contributed by atoms with E-state index >= 15 is 0 Å². The van der Waals surface area contributed by atoms with Gasteiger partial charge in [-0.15, -0.1) is 0 Å². The first-order valence-corrected chi connectivity index (χ1v) is 5.05. The number of likely N-dealkylation sites (N-methyl/N-ethyl adjacent to an activating group) is 1. The maximum atomic E-state index is 11.3. The molecule has 1 heterocycles. The lowest BCUT2D eigenvalue weighted by Gasteiger charge is -2.12. The summed E-state index contributed by atoms with van der Waals surface area (Å²) >= 11 is 0. The van der Waals surface area contributed by atoms with Gasteiger partial charge in [0.05, 0.1) is 0 Å². The zero-order valence-corrected chi connectivity index (χ0v) is 8.88. The van der Waals surface area contributed by atoms with Crippen molar-refractivity contribution in [1.82, 2.24) is 10.2 Å². The predicted octanol–water partition coefficient (Wildman–Crippen LogP) is 0.176. The van der Waals surface area contributed by atoms with Gasteiger partial charge in [-0.2, -0.15) is 0 Å². The third-order valence-electron chi connectivity index (χ3n) is 2.46. The molecule has 1 aliphatic rings. The van der Waals surface area contributed by atoms with Crippen LogP contribution in [0.4, 0.5) is 0 Å². The minimum atomic E-state index is 0.000463. The highest BCUT2D eigenvalue weighted by atomic mass is 16.2. The molecule has 0 spiro atoms. The van der Waals surface area contributed by atoms with Crippen LogP contribution in [0.1, 0.15) is 26.2 Å². The van der Waals surface area contributed by atoms with Crippen LogP contribution in [-0.4, -0.2) is 42.8 Å². The third-order valence-corrected chi connectivity index (χ3v) is 2.46. The predicted molar refractivity (Wildman–Crippen MR) is 54.0 cm³/mol. The van der Waals surface area contributed by atoms with Crippen molar-refractivity contribution in [3.05, 3.63) is 0 Å². The summed E-state index contributed by atoms with van der Waals surface area (Å²) in [5.41, 5.74) is 0. The van der Waals surface area contributed by atoms with Gasteiger partial charge in [-0.05, 0) is 26.9 Å². The van der Waals surface area contributed by atoms with Crippen molar-refractivity contribution in [2.75, 3.05) is 20.1 Å². The highest BCUT2D eigenvalue weighted by Crippen LogP contribution is 2.06. The number of hydrogen-bond donors (Lipinski definition) is 1. The van der Waals surface area contributed by atoms with Crippen LogP contribution >= 0.6 is 0 Å². The largest absolute Gasteiger partial charge is 0.352 e. The molecule has 1 amide bonds. The molecule has 0 radical (unpaired) electrons. The lowest BCUT2D eigenvalue weighted by atomic mass is 10.2. The molecule has 1 unspecified atom stereocenters. The number of likely N-dealkylation sites (tertiary alicyclic amines) is 1. The Morgan fingerprint density at radius 2 is 2.14 bits per heavy atom. The Balaban J connectivity index is 2.17. The maximum Gasteiger partial charge on any atom is 0.220 e. The number of nitrogens with one attached hydrogen (secondary N) is 1. The zero-order chi connectivity index (χ0) is 10.6. The number of hydrogen-bond acceptors (Lipinski definition) is 3. The van der Waals surface area contributed by atoms with Crippen molar-refractivity contribution < 1.29 is 9.59 Å². The standard InChI is InChI=1S/C10H18N2O2/c1-8(13)3-4-10(14)11-9-5-6-12(2)7-9/h9H,3-7H2,1-2H3,(H,11,14). The van der Waals surface area contributed by atoms with Gasteiger partial charge in [0, 0.05) is 25.4 Å². The number of ketones is 1. The van der Waals surface area contributed by atoms with E-state index in [1.165, 1.54) is 6.92 Å². The first kappa shape index (κ1) is 11.2. The summed E-state index contributed by atoms with van der Waals surface area (Å²) in [7, 11) is 2.04. The van der Waals surface area contributed by atoms with Gasteiger partial charge in [0.15, 0.2) is 0 Å². The van der Waals surface area contributed by atoms with Crippen molar-refractivity contribution in [2.24, 2.45) is 0 Å². The average molecular weight is 198 g/mol. The molecule has 1 fully saturated rings. The quantitative estimate of drug-likeness (QED) is 0.701. The molecule has 4 nitrogen and oxygen atoms in total. The fraction of sp³-hybridized carbons (Fsp3) is 0.800. The Bertz CT molecular complexity index is 228. The Morgan fingerprint density at radius 3 is 2.64 bits per heavy atom. The molecule has 0 saturated carbocycles. The van der Waals surface area contributed by atoms with Crippen molar-refractivity contribution in [2.45, 2.75) is 32.2 Å². The first-order valence-electron chi connectivity index (χ1n) is 5.05. The molecule has 80 valence electrons. The average Bonchev–Trinajstić information content (AvgIpc) is 2.48. The van der Waals surface area contributed by atoms with E-state index in [2.05, 4.69) is 10.2 Å². The summed E-state index contributed by atoms with van der Waals surface area (Å²) < 4.78 is 0. The second-order valence-electron chi connectivity index (χ2n) is 4.02. The van der Waals surface area contributed by atoms with Crippen LogP contribution in [-0.2, 0) is 9.59 Å². The molecule has 0 aliphatic carbocycles. The van der Waals surface area contributed by atoms with Crippen molar-refractivity contribution in [3.8, 4) is 0 Å². The van der Waals surface area contributed by atoms with Crippen LogP contribution in [0.5, 0.6) is 0 Å². The lowest BCUT2D eigenvalue weighted by molar-refractivity contribution is -0.125. The highest BCUT2D eigenvalue weighted by Gasteiger charge is 2.20. The van der Waals surface area contributed by atoms with E-state index < -0.39 is 0 Å². The van der Waals surface area contributed by atoms with E-state index in [4.69, 9.17) is 0 Å². The Hall–Kier alpha value is -0.900. The summed E-state index contributed by atoms with van der Waals surface area (Å²) in [5.74, 6) is 0.0733. The van der Waals surface area contributed by atoms with Gasteiger partial charge < -0.3 is 15.0 Å². The fourth-order valence-electron chi connectivity index (χ4n) is 1.64. The summed E-state index contributed by atoms with van der Waals surface area (Å²) in [6.07, 6.45) is 1.70. The number of rotatable bonds is 4. The summed E-state index contributed by atoms with van der Waals surface area (Å²) in [6.45, 7) is 3.47. The number of Topliss-reactive ketones (excluding diaryl/α,β-unsaturated/α-hetero) is 1. The second kappa shape index (κ2) is 5.10. The van der Waals surface area contributed by atoms with Crippen LogP contribution in [0.25, 0.3) is 0 Å². The van der Waals surface area contributed by atoms with E-state index in [0.717, 1.165) is 19.5 Å². The molecule has 0 aromatic rings. The summed E-state index contributed by atoms with van der Waals surface area (Å²) in [4.78, 5) is 24.2. The molecule has 1 rings (SSSR count). The number of carbonyl (C=O) groups excluding carboxylic acids is 2. The normalized spacial score (nSPS) is 22.3. The molecule has 1 atom stereocenters. The number of nitrogens with zero attached hydrogens (tertiary/aromatic N) is 1. The topological polar surface area (TPSA) is 49.4 Å². The van der Waals surface area contributed by atoms with Crippen LogP contribution in [0, 0.1) is 0 Å². The van der Waals surface area contributed by atoms with Gasteiger partial charge in [-0.1, -0.05) is 0 Å². The van der Waals surface area contributed by atoms with Crippen LogP contribution in [0.3, 0.4) is 0 Å². The molecule has 14 heavy (non-hydrogen) atoms. The maximum absolute atomic E-state index is 11.3. The van der Waals surface area contributed by atoms with Crippen LogP contribution < -0.4 is 5.32 Å². The van der Waals surface area contributed by atoms with Gasteiger partial charge in [0.25, 0.3) is 0 Å². The fourth-order valence-corrected chi connectivity index (χ4v) is 1.64. The third kappa shape index (κ3) is 3.87. The van der Waals surface area contributed by atoms with Crippen molar-refractivity contribution in [3.63, 3.8) is 0 Å². The zero-order valence-electron chi connectivity index (χ0n) is 8.88. The molecule has 4 heteroatoms. The second-order valence-corrected chi connectivity index (χ2v) is 4.02. The van der Waals surface area contributed by atoms with Crippen molar-refractivity contribution >= 4 is 11.7 Å². The van der Waals surface area contributed by atoms with Crippen LogP contribution in [0.2, 0.25) is 0 Å². The van der Waals surface area contributed by atoms with Crippen LogP contribution in [0.15, 0.2) is 0 Å². The molecular formula is C10H18N2O2. The van der Waals surface area contributed by atoms with Gasteiger partial charge in [0.2, 0.25) is 5.91 Å². The van der Waals surface area contributed by atoms with Gasteiger partial charge in [-0.25, -0.2) is 0 Å². The Kier molecular flexibility index (Phi) is 4.07. The SMILES string of the molecule is CC(=O)CCC(=O)NC1CCN(C)C1. The molecule has 1 saturated heterocycles. The van der Waals surface area contributed by atoms with E-state index in [9.17, 15) is 9.59 Å². The monoisotopic (exact) mass is 198 g/mol. The van der Waals surface area contributed by atoms with Gasteiger partial charge in [-0.3, -0.25) is 4.79 Å². The molecule has 0 aromatic carbocycles. The minimum Gasteiger partial charge on any atom is -0.352 e. The van der Waals surface area contributed by atoms with E-state index in [1.54, 1.807) is 0 Å². The number of amides is 1. The molecular weight excluding hydrogens is 180 g/mol. The van der Waals surface area contributed by atoms with E-state index in [-0.39, 0.29) is 17.7 Å². The Morgan fingerprint density at radius 1 is 1.43 bits per heavy atom. The first-order chi connectivity index (χ1) is 6.58. The highest BCUT2D eigenvalue weighted by molar-refractivity contribution is 5.83. The molecule has 1 N–H and O–H groups in total. The Labute approximate surface area is 84.7 Å². The summed E-state index contributed by atoms with van der Waals surface area (Å²) in [5, 5.41) is 2.93. The smallest absolute Gasteiger partial charge is 0.220 e. The van der Waals surface area contributed by atoms with Gasteiger partial charge >= 0.3 is 0 Å². The molecule has 0 aromatic heterocycles. The van der Waals surface area contributed by atoms with Crippen molar-refractivity contribution in [1.29, 1.82) is 0 Å². The lowest BCUT2D eigenvalue weighted by Crippen LogP contribution is -2.36. The van der Waals surface area contributed by atoms with E-state index in [1.807, 2.05) is 7.05 Å². The minimum absolute atomic E-state index is 0.000463.